The Bertz CT molecular complexity index is 481. The molecular formula is C17H26N2O2S. The van der Waals surface area contributed by atoms with Crippen LogP contribution in [0.15, 0.2) is 16.8 Å². The molecule has 3 rings (SSSR count). The Labute approximate surface area is 137 Å². The van der Waals surface area contributed by atoms with Crippen molar-refractivity contribution in [1.82, 2.24) is 9.80 Å². The van der Waals surface area contributed by atoms with Crippen LogP contribution in [0.3, 0.4) is 0 Å². The van der Waals surface area contributed by atoms with Gasteiger partial charge in [-0.05, 0) is 50.1 Å². The van der Waals surface area contributed by atoms with Crippen molar-refractivity contribution in [2.45, 2.75) is 37.6 Å². The lowest BCUT2D eigenvalue weighted by atomic mass is 9.84. The molecule has 2 fully saturated rings. The highest BCUT2D eigenvalue weighted by Crippen LogP contribution is 2.38. The van der Waals surface area contributed by atoms with Gasteiger partial charge in [-0.2, -0.15) is 11.3 Å². The number of rotatable bonds is 5. The summed E-state index contributed by atoms with van der Waals surface area (Å²) in [6, 6.07) is 1.93. The minimum atomic E-state index is 0.208. The first-order valence-electron chi connectivity index (χ1n) is 8.31. The van der Waals surface area contributed by atoms with Gasteiger partial charge < -0.3 is 9.64 Å². The third-order valence-corrected chi connectivity index (χ3v) is 5.95. The number of amides is 1. The van der Waals surface area contributed by atoms with Gasteiger partial charge in [0.15, 0.2) is 0 Å². The fraction of sp³-hybridized carbons (Fsp3) is 0.706. The number of hydrogen-bond donors (Lipinski definition) is 0. The largest absolute Gasteiger partial charge is 0.385 e. The van der Waals surface area contributed by atoms with Crippen molar-refractivity contribution in [1.29, 1.82) is 0 Å². The number of methoxy groups -OCH3 is 1. The minimum absolute atomic E-state index is 0.208. The van der Waals surface area contributed by atoms with Gasteiger partial charge in [-0.25, -0.2) is 0 Å². The fourth-order valence-electron chi connectivity index (χ4n) is 4.00. The Balaban J connectivity index is 1.57. The SMILES string of the molecule is COCCCN1CCCC12CCN(C(=O)c1ccsc1)CC2. The summed E-state index contributed by atoms with van der Waals surface area (Å²) in [5, 5.41) is 3.94. The maximum atomic E-state index is 12.5. The van der Waals surface area contributed by atoms with Crippen molar-refractivity contribution in [2.75, 3.05) is 39.9 Å². The standard InChI is InChI=1S/C17H26N2O2S/c1-21-12-3-9-19-8-2-5-17(19)6-10-18(11-7-17)16(20)15-4-13-22-14-15/h4,13-14H,2-3,5-12H2,1H3. The van der Waals surface area contributed by atoms with E-state index < -0.39 is 0 Å². The van der Waals surface area contributed by atoms with Gasteiger partial charge in [0.05, 0.1) is 5.56 Å². The summed E-state index contributed by atoms with van der Waals surface area (Å²) in [7, 11) is 1.77. The van der Waals surface area contributed by atoms with Crippen LogP contribution in [0.1, 0.15) is 42.5 Å². The number of carbonyl (C=O) groups excluding carboxylic acids is 1. The zero-order valence-corrected chi connectivity index (χ0v) is 14.2. The predicted octanol–water partition coefficient (Wildman–Crippen LogP) is 2.86. The van der Waals surface area contributed by atoms with Gasteiger partial charge in [-0.3, -0.25) is 9.69 Å². The molecule has 1 spiro atoms. The van der Waals surface area contributed by atoms with E-state index in [0.717, 1.165) is 51.1 Å². The number of nitrogens with zero attached hydrogens (tertiary/aromatic N) is 2. The molecule has 3 heterocycles. The lowest BCUT2D eigenvalue weighted by molar-refractivity contribution is 0.0383. The molecular weight excluding hydrogens is 296 g/mol. The highest BCUT2D eigenvalue weighted by molar-refractivity contribution is 7.08. The number of carbonyl (C=O) groups is 1. The van der Waals surface area contributed by atoms with Gasteiger partial charge in [0.2, 0.25) is 0 Å². The normalized spacial score (nSPS) is 21.6. The van der Waals surface area contributed by atoms with Crippen molar-refractivity contribution >= 4 is 17.2 Å². The van der Waals surface area contributed by atoms with Crippen LogP contribution in [0.4, 0.5) is 0 Å². The molecule has 0 bridgehead atoms. The quantitative estimate of drug-likeness (QED) is 0.782. The first-order chi connectivity index (χ1) is 10.7. The molecule has 2 aliphatic heterocycles. The summed E-state index contributed by atoms with van der Waals surface area (Å²) >= 11 is 1.59. The molecule has 0 aromatic carbocycles. The van der Waals surface area contributed by atoms with Crippen LogP contribution < -0.4 is 0 Å². The Hall–Kier alpha value is -0.910. The van der Waals surface area contributed by atoms with Crippen LogP contribution in [0.2, 0.25) is 0 Å². The fourth-order valence-corrected chi connectivity index (χ4v) is 4.63. The highest BCUT2D eigenvalue weighted by atomic mass is 32.1. The average molecular weight is 322 g/mol. The molecule has 0 N–H and O–H groups in total. The molecule has 5 heteroatoms. The molecule has 0 radical (unpaired) electrons. The van der Waals surface area contributed by atoms with E-state index in [0.29, 0.717) is 5.54 Å². The van der Waals surface area contributed by atoms with Crippen molar-refractivity contribution in [2.24, 2.45) is 0 Å². The van der Waals surface area contributed by atoms with E-state index in [4.69, 9.17) is 4.74 Å². The van der Waals surface area contributed by atoms with Gasteiger partial charge in [0, 0.05) is 44.3 Å². The number of hydrogen-bond acceptors (Lipinski definition) is 4. The molecule has 122 valence electrons. The lowest BCUT2D eigenvalue weighted by Gasteiger charge is -2.45. The Morgan fingerprint density at radius 1 is 1.32 bits per heavy atom. The van der Waals surface area contributed by atoms with Gasteiger partial charge >= 0.3 is 0 Å². The van der Waals surface area contributed by atoms with E-state index in [2.05, 4.69) is 4.90 Å². The monoisotopic (exact) mass is 322 g/mol. The maximum Gasteiger partial charge on any atom is 0.254 e. The smallest absolute Gasteiger partial charge is 0.254 e. The van der Waals surface area contributed by atoms with Crippen molar-refractivity contribution in [3.05, 3.63) is 22.4 Å². The van der Waals surface area contributed by atoms with Crippen LogP contribution in [0.5, 0.6) is 0 Å². The van der Waals surface area contributed by atoms with E-state index in [1.54, 1.807) is 18.4 Å². The zero-order valence-electron chi connectivity index (χ0n) is 13.4. The second kappa shape index (κ2) is 7.11. The van der Waals surface area contributed by atoms with E-state index in [1.807, 2.05) is 21.7 Å². The van der Waals surface area contributed by atoms with E-state index in [-0.39, 0.29) is 5.91 Å². The Kier molecular flexibility index (Phi) is 5.16. The molecule has 2 saturated heterocycles. The van der Waals surface area contributed by atoms with E-state index >= 15 is 0 Å². The van der Waals surface area contributed by atoms with E-state index in [9.17, 15) is 4.79 Å². The van der Waals surface area contributed by atoms with Gasteiger partial charge in [0.25, 0.3) is 5.91 Å². The van der Waals surface area contributed by atoms with Crippen molar-refractivity contribution in [3.63, 3.8) is 0 Å². The zero-order chi connectivity index (χ0) is 15.4. The summed E-state index contributed by atoms with van der Waals surface area (Å²) in [4.78, 5) is 17.2. The summed E-state index contributed by atoms with van der Waals surface area (Å²) in [6.45, 7) is 4.98. The molecule has 0 unspecified atom stereocenters. The molecule has 2 aliphatic rings. The molecule has 0 saturated carbocycles. The maximum absolute atomic E-state index is 12.5. The van der Waals surface area contributed by atoms with Crippen molar-refractivity contribution in [3.8, 4) is 0 Å². The molecule has 0 aliphatic carbocycles. The highest BCUT2D eigenvalue weighted by Gasteiger charge is 2.43. The second-order valence-corrected chi connectivity index (χ2v) is 7.25. The summed E-state index contributed by atoms with van der Waals surface area (Å²) in [5.74, 6) is 0.208. The summed E-state index contributed by atoms with van der Waals surface area (Å²) < 4.78 is 5.19. The van der Waals surface area contributed by atoms with Crippen LogP contribution >= 0.6 is 11.3 Å². The third-order valence-electron chi connectivity index (χ3n) is 5.27. The van der Waals surface area contributed by atoms with Crippen LogP contribution in [0, 0.1) is 0 Å². The molecule has 0 atom stereocenters. The topological polar surface area (TPSA) is 32.8 Å². The molecule has 22 heavy (non-hydrogen) atoms. The van der Waals surface area contributed by atoms with Crippen LogP contribution in [-0.2, 0) is 4.74 Å². The first kappa shape index (κ1) is 16.0. The number of likely N-dealkylation sites (tertiary alicyclic amines) is 2. The molecule has 1 aromatic rings. The summed E-state index contributed by atoms with van der Waals surface area (Å²) in [5.41, 5.74) is 1.20. The van der Waals surface area contributed by atoms with E-state index in [1.165, 1.54) is 19.4 Å². The van der Waals surface area contributed by atoms with Gasteiger partial charge in [0.1, 0.15) is 0 Å². The number of thiophene rings is 1. The lowest BCUT2D eigenvalue weighted by Crippen LogP contribution is -2.53. The number of ether oxygens (including phenoxy) is 1. The van der Waals surface area contributed by atoms with Crippen molar-refractivity contribution < 1.29 is 9.53 Å². The third kappa shape index (κ3) is 3.21. The first-order valence-corrected chi connectivity index (χ1v) is 9.25. The molecule has 1 aromatic heterocycles. The minimum Gasteiger partial charge on any atom is -0.385 e. The van der Waals surface area contributed by atoms with Gasteiger partial charge in [-0.1, -0.05) is 0 Å². The second-order valence-electron chi connectivity index (χ2n) is 6.47. The average Bonchev–Trinajstić information content (AvgIpc) is 3.19. The van der Waals surface area contributed by atoms with Crippen LogP contribution in [0.25, 0.3) is 0 Å². The van der Waals surface area contributed by atoms with Gasteiger partial charge in [-0.15, -0.1) is 0 Å². The Morgan fingerprint density at radius 2 is 2.14 bits per heavy atom. The predicted molar refractivity (Wildman–Crippen MR) is 89.5 cm³/mol. The molecule has 1 amide bonds. The summed E-state index contributed by atoms with van der Waals surface area (Å²) in [6.07, 6.45) is 5.94. The molecule has 4 nitrogen and oxygen atoms in total. The Morgan fingerprint density at radius 3 is 2.82 bits per heavy atom. The number of piperidine rings is 1. The van der Waals surface area contributed by atoms with Crippen LogP contribution in [-0.4, -0.2) is 61.1 Å².